The van der Waals surface area contributed by atoms with Crippen LogP contribution in [0.4, 0.5) is 13.2 Å². The van der Waals surface area contributed by atoms with Gasteiger partial charge in [0.1, 0.15) is 5.82 Å². The average Bonchev–Trinajstić information content (AvgIpc) is 2.52. The van der Waals surface area contributed by atoms with E-state index in [4.69, 9.17) is 0 Å². The summed E-state index contributed by atoms with van der Waals surface area (Å²) in [5.74, 6) is -5.35. The molecule has 0 radical (unpaired) electrons. The van der Waals surface area contributed by atoms with Crippen molar-refractivity contribution in [3.63, 3.8) is 0 Å². The molecule has 3 aliphatic rings. The van der Waals surface area contributed by atoms with Gasteiger partial charge in [-0.3, -0.25) is 4.79 Å². The molecule has 0 N–H and O–H groups in total. The lowest BCUT2D eigenvalue weighted by molar-refractivity contribution is -0.0253. The lowest BCUT2D eigenvalue weighted by Gasteiger charge is -2.47. The normalized spacial score (nSPS) is 25.5. The van der Waals surface area contributed by atoms with Gasteiger partial charge in [0, 0.05) is 16.7 Å². The Hall–Kier alpha value is -2.19. The van der Waals surface area contributed by atoms with Gasteiger partial charge in [-0.15, -0.1) is 4.31 Å². The van der Waals surface area contributed by atoms with Gasteiger partial charge in [-0.1, -0.05) is 17.7 Å². The maximum absolute atomic E-state index is 15.4. The number of alkyl halides is 2. The number of carbonyl (C=O) groups is 1. The molecule has 4 nitrogen and oxygen atoms in total. The van der Waals surface area contributed by atoms with Crippen molar-refractivity contribution in [2.24, 2.45) is 0 Å². The Kier molecular flexibility index (Phi) is 2.85. The molecule has 1 aliphatic heterocycles. The Morgan fingerprint density at radius 2 is 1.75 bits per heavy atom. The van der Waals surface area contributed by atoms with Gasteiger partial charge in [0.25, 0.3) is 0 Å². The van der Waals surface area contributed by atoms with Crippen LogP contribution in [0.2, 0.25) is 0 Å². The summed E-state index contributed by atoms with van der Waals surface area (Å²) < 4.78 is 69.1. The van der Waals surface area contributed by atoms with Crippen molar-refractivity contribution in [2.45, 2.75) is 23.9 Å². The molecule has 2 aromatic rings. The number of aryl methyl sites for hydroxylation is 1. The number of Topliss-reactive ketones (excluding diaryl/α,β-unsaturated/α-hetero) is 1. The molecule has 8 heteroatoms. The van der Waals surface area contributed by atoms with Gasteiger partial charge >= 0.3 is 0 Å². The van der Waals surface area contributed by atoms with Crippen LogP contribution in [-0.2, 0) is 15.8 Å². The summed E-state index contributed by atoms with van der Waals surface area (Å²) in [7, 11) is -4.70. The van der Waals surface area contributed by atoms with Crippen LogP contribution in [0.25, 0.3) is 0 Å². The van der Waals surface area contributed by atoms with Crippen LogP contribution in [0.1, 0.15) is 27.0 Å². The Labute approximate surface area is 135 Å². The van der Waals surface area contributed by atoms with E-state index in [9.17, 15) is 22.0 Å². The summed E-state index contributed by atoms with van der Waals surface area (Å²) in [4.78, 5) is 11.7. The molecule has 2 aromatic carbocycles. The summed E-state index contributed by atoms with van der Waals surface area (Å²) in [5, 5.41) is 0. The molecular formula is C16H10F3NO3S. The lowest BCUT2D eigenvalue weighted by Crippen LogP contribution is -2.61. The van der Waals surface area contributed by atoms with Gasteiger partial charge in [0.15, 0.2) is 0 Å². The minimum atomic E-state index is -4.70. The van der Waals surface area contributed by atoms with E-state index in [1.807, 2.05) is 0 Å². The van der Waals surface area contributed by atoms with Crippen molar-refractivity contribution in [1.29, 1.82) is 0 Å². The van der Waals surface area contributed by atoms with Crippen LogP contribution in [0, 0.1) is 12.7 Å². The SMILES string of the molecule is Cc1ccc(S(=O)(=O)N2C(F)C(=O)c3cc(F)c4cc3C42F)cc1. The molecule has 0 fully saturated rings. The molecule has 0 aromatic heterocycles. The third-order valence-corrected chi connectivity index (χ3v) is 6.21. The van der Waals surface area contributed by atoms with E-state index in [1.54, 1.807) is 6.92 Å². The zero-order valence-electron chi connectivity index (χ0n) is 12.3. The van der Waals surface area contributed by atoms with Crippen molar-refractivity contribution < 1.29 is 26.4 Å². The molecule has 2 atom stereocenters. The molecule has 0 spiro atoms. The van der Waals surface area contributed by atoms with Gasteiger partial charge in [0.05, 0.1) is 4.90 Å². The first-order chi connectivity index (χ1) is 11.2. The summed E-state index contributed by atoms with van der Waals surface area (Å²) in [5.41, 5.74) is -0.633. The highest BCUT2D eigenvalue weighted by Crippen LogP contribution is 2.55. The molecule has 124 valence electrons. The van der Waals surface area contributed by atoms with E-state index in [2.05, 4.69) is 0 Å². The molecular weight excluding hydrogens is 343 g/mol. The second kappa shape index (κ2) is 4.46. The van der Waals surface area contributed by atoms with Gasteiger partial charge in [-0.25, -0.2) is 21.6 Å². The van der Waals surface area contributed by atoms with Crippen LogP contribution in [0.5, 0.6) is 0 Å². The summed E-state index contributed by atoms with van der Waals surface area (Å²) >= 11 is 0. The Balaban J connectivity index is 1.94. The number of nitrogens with zero attached hydrogens (tertiary/aromatic N) is 1. The smallest absolute Gasteiger partial charge is 0.249 e. The largest absolute Gasteiger partial charge is 0.289 e. The van der Waals surface area contributed by atoms with Crippen LogP contribution in [0.15, 0.2) is 41.3 Å². The van der Waals surface area contributed by atoms with E-state index in [0.29, 0.717) is 0 Å². The molecule has 24 heavy (non-hydrogen) atoms. The zero-order chi connectivity index (χ0) is 17.4. The third kappa shape index (κ3) is 1.62. The Morgan fingerprint density at radius 3 is 2.33 bits per heavy atom. The summed E-state index contributed by atoms with van der Waals surface area (Å²) in [6.07, 6.45) is -2.76. The predicted octanol–water partition coefficient (Wildman–Crippen LogP) is 2.80. The number of halogens is 3. The highest BCUT2D eigenvalue weighted by molar-refractivity contribution is 7.89. The Morgan fingerprint density at radius 1 is 1.12 bits per heavy atom. The van der Waals surface area contributed by atoms with Gasteiger partial charge < -0.3 is 0 Å². The number of fused-ring (bicyclic) bond motifs is 1. The second-order valence-corrected chi connectivity index (χ2v) is 7.63. The first-order valence-corrected chi connectivity index (χ1v) is 8.46. The van der Waals surface area contributed by atoms with Crippen LogP contribution in [-0.4, -0.2) is 24.8 Å². The summed E-state index contributed by atoms with van der Waals surface area (Å²) in [6, 6.07) is 7.07. The van der Waals surface area contributed by atoms with E-state index >= 15 is 4.39 Å². The maximum atomic E-state index is 15.4. The fourth-order valence-corrected chi connectivity index (χ4v) is 4.69. The molecule has 0 saturated carbocycles. The van der Waals surface area contributed by atoms with Gasteiger partial charge in [-0.05, 0) is 31.2 Å². The van der Waals surface area contributed by atoms with Gasteiger partial charge in [-0.2, -0.15) is 0 Å². The van der Waals surface area contributed by atoms with Crippen molar-refractivity contribution in [1.82, 2.24) is 4.31 Å². The lowest BCUT2D eigenvalue weighted by atomic mass is 9.76. The number of sulfonamides is 1. The van der Waals surface area contributed by atoms with Crippen molar-refractivity contribution in [3.8, 4) is 0 Å². The van der Waals surface area contributed by atoms with Crippen molar-refractivity contribution in [2.75, 3.05) is 0 Å². The number of ketones is 1. The number of hydrogen-bond donors (Lipinski definition) is 0. The molecule has 0 saturated heterocycles. The molecule has 2 unspecified atom stereocenters. The number of rotatable bonds is 2. The quantitative estimate of drug-likeness (QED) is 0.780. The molecule has 4 bridgehead atoms. The summed E-state index contributed by atoms with van der Waals surface area (Å²) in [6.45, 7) is 1.72. The minimum absolute atomic E-state index is 0.173. The fraction of sp³-hybridized carbons (Fsp3) is 0.188. The van der Waals surface area contributed by atoms with Crippen molar-refractivity contribution in [3.05, 3.63) is 64.5 Å². The van der Waals surface area contributed by atoms with Crippen LogP contribution in [0.3, 0.4) is 0 Å². The van der Waals surface area contributed by atoms with Crippen LogP contribution >= 0.6 is 0 Å². The van der Waals surface area contributed by atoms with Crippen molar-refractivity contribution >= 4 is 15.8 Å². The van der Waals surface area contributed by atoms with Crippen LogP contribution < -0.4 is 0 Å². The third-order valence-electron chi connectivity index (χ3n) is 4.39. The van der Waals surface area contributed by atoms with E-state index in [-0.39, 0.29) is 14.8 Å². The van der Waals surface area contributed by atoms with E-state index in [1.165, 1.54) is 24.3 Å². The molecule has 1 heterocycles. The zero-order valence-corrected chi connectivity index (χ0v) is 13.1. The van der Waals surface area contributed by atoms with Gasteiger partial charge in [0.2, 0.25) is 27.9 Å². The number of hydrogen-bond acceptors (Lipinski definition) is 3. The number of carbonyl (C=O) groups excluding carboxylic acids is 1. The Bertz CT molecular complexity index is 1000. The highest BCUT2D eigenvalue weighted by Gasteiger charge is 2.64. The fourth-order valence-electron chi connectivity index (χ4n) is 3.11. The first-order valence-electron chi connectivity index (χ1n) is 7.02. The van der Waals surface area contributed by atoms with E-state index < -0.39 is 44.8 Å². The maximum Gasteiger partial charge on any atom is 0.249 e. The monoisotopic (exact) mass is 353 g/mol. The molecule has 5 rings (SSSR count). The first kappa shape index (κ1) is 15.3. The minimum Gasteiger partial charge on any atom is -0.289 e. The average molecular weight is 353 g/mol. The molecule has 2 aliphatic carbocycles. The standard InChI is InChI=1S/C16H10F3NO3S/c1-8-2-4-9(5-3-8)24(22,23)20-15(18)14(21)10-6-13(17)12-7-11(10)16(12,20)19/h2-7,15H,1H3. The molecule has 0 amide bonds. The second-order valence-electron chi connectivity index (χ2n) is 5.81. The number of benzene rings is 2. The predicted molar refractivity (Wildman–Crippen MR) is 77.7 cm³/mol. The van der Waals surface area contributed by atoms with E-state index in [0.717, 1.165) is 17.7 Å². The highest BCUT2D eigenvalue weighted by atomic mass is 32.2. The topological polar surface area (TPSA) is 54.5 Å².